The predicted octanol–water partition coefficient (Wildman–Crippen LogP) is 3.53. The van der Waals surface area contributed by atoms with Gasteiger partial charge in [-0.15, -0.1) is 0 Å². The zero-order valence-corrected chi connectivity index (χ0v) is 17.5. The summed E-state index contributed by atoms with van der Waals surface area (Å²) in [4.78, 5) is 24.9. The molecular formula is C23H23FN2O5. The summed E-state index contributed by atoms with van der Waals surface area (Å²) in [5, 5.41) is 2.79. The first-order chi connectivity index (χ1) is 14.9. The van der Waals surface area contributed by atoms with Crippen LogP contribution in [-0.2, 0) is 17.9 Å². The second-order valence-corrected chi connectivity index (χ2v) is 6.80. The topological polar surface area (TPSA) is 78.8 Å². The van der Waals surface area contributed by atoms with E-state index in [-0.39, 0.29) is 36.1 Å². The fourth-order valence-electron chi connectivity index (χ4n) is 2.92. The molecule has 0 atom stereocenters. The summed E-state index contributed by atoms with van der Waals surface area (Å²) in [5.41, 5.74) is 1.53. The Bertz CT molecular complexity index is 1130. The fourth-order valence-corrected chi connectivity index (χ4v) is 2.92. The number of rotatable bonds is 8. The summed E-state index contributed by atoms with van der Waals surface area (Å²) in [6, 6.07) is 12.3. The smallest absolute Gasteiger partial charge is 0.244 e. The van der Waals surface area contributed by atoms with Crippen LogP contribution in [0, 0.1) is 12.7 Å². The maximum absolute atomic E-state index is 13.0. The SMILES string of the molecule is COc1ccc(NC(=O)Cn2cc(OCc3ccc(F)cc3)c(=O)cc2C)c(OC)c1. The van der Waals surface area contributed by atoms with Gasteiger partial charge < -0.3 is 24.1 Å². The van der Waals surface area contributed by atoms with Crippen molar-refractivity contribution < 1.29 is 23.4 Å². The molecule has 1 aromatic heterocycles. The van der Waals surface area contributed by atoms with Gasteiger partial charge in [-0.3, -0.25) is 9.59 Å². The number of anilines is 1. The highest BCUT2D eigenvalue weighted by atomic mass is 19.1. The Labute approximate surface area is 179 Å². The molecular weight excluding hydrogens is 403 g/mol. The molecule has 31 heavy (non-hydrogen) atoms. The molecule has 0 saturated heterocycles. The van der Waals surface area contributed by atoms with E-state index in [0.717, 1.165) is 5.56 Å². The predicted molar refractivity (Wildman–Crippen MR) is 114 cm³/mol. The van der Waals surface area contributed by atoms with Gasteiger partial charge in [-0.1, -0.05) is 12.1 Å². The van der Waals surface area contributed by atoms with Gasteiger partial charge in [0.1, 0.15) is 30.5 Å². The lowest BCUT2D eigenvalue weighted by Gasteiger charge is -2.15. The second-order valence-electron chi connectivity index (χ2n) is 6.80. The largest absolute Gasteiger partial charge is 0.497 e. The van der Waals surface area contributed by atoms with E-state index in [4.69, 9.17) is 14.2 Å². The van der Waals surface area contributed by atoms with E-state index in [9.17, 15) is 14.0 Å². The van der Waals surface area contributed by atoms with E-state index in [1.54, 1.807) is 48.9 Å². The van der Waals surface area contributed by atoms with Crippen LogP contribution < -0.4 is 25.0 Å². The van der Waals surface area contributed by atoms with Gasteiger partial charge in [0.25, 0.3) is 0 Å². The molecule has 0 aliphatic rings. The average Bonchev–Trinajstić information content (AvgIpc) is 2.76. The van der Waals surface area contributed by atoms with Gasteiger partial charge in [-0.05, 0) is 36.8 Å². The van der Waals surface area contributed by atoms with E-state index in [0.29, 0.717) is 22.9 Å². The summed E-state index contributed by atoms with van der Waals surface area (Å²) in [7, 11) is 3.04. The molecule has 8 heteroatoms. The zero-order valence-electron chi connectivity index (χ0n) is 17.5. The van der Waals surface area contributed by atoms with Crippen molar-refractivity contribution in [3.05, 3.63) is 82.0 Å². The number of hydrogen-bond donors (Lipinski definition) is 1. The first-order valence-corrected chi connectivity index (χ1v) is 9.50. The fraction of sp³-hybridized carbons (Fsp3) is 0.217. The molecule has 1 N–H and O–H groups in total. The minimum absolute atomic E-state index is 0.0335. The van der Waals surface area contributed by atoms with E-state index in [1.165, 1.54) is 31.5 Å². The maximum Gasteiger partial charge on any atom is 0.244 e. The highest BCUT2D eigenvalue weighted by Crippen LogP contribution is 2.29. The number of benzene rings is 2. The number of ether oxygens (including phenoxy) is 3. The molecule has 0 bridgehead atoms. The number of halogens is 1. The minimum atomic E-state index is -0.346. The van der Waals surface area contributed by atoms with Gasteiger partial charge in [0, 0.05) is 17.8 Å². The Morgan fingerprint density at radius 2 is 1.77 bits per heavy atom. The summed E-state index contributed by atoms with van der Waals surface area (Å²) in [6.45, 7) is 1.80. The average molecular weight is 426 g/mol. The molecule has 162 valence electrons. The van der Waals surface area contributed by atoms with Crippen molar-refractivity contribution in [2.75, 3.05) is 19.5 Å². The van der Waals surface area contributed by atoms with E-state index in [2.05, 4.69) is 5.32 Å². The molecule has 2 aromatic carbocycles. The Hall–Kier alpha value is -3.81. The van der Waals surface area contributed by atoms with Crippen LogP contribution >= 0.6 is 0 Å². The molecule has 1 heterocycles. The number of aryl methyl sites for hydroxylation is 1. The van der Waals surface area contributed by atoms with Crippen LogP contribution in [0.3, 0.4) is 0 Å². The molecule has 3 aromatic rings. The van der Waals surface area contributed by atoms with Crippen LogP contribution in [0.2, 0.25) is 0 Å². The lowest BCUT2D eigenvalue weighted by Crippen LogP contribution is -2.22. The first kappa shape index (κ1) is 21.9. The third-order valence-corrected chi connectivity index (χ3v) is 4.61. The van der Waals surface area contributed by atoms with Crippen LogP contribution in [0.5, 0.6) is 17.2 Å². The van der Waals surface area contributed by atoms with Gasteiger partial charge in [0.2, 0.25) is 11.3 Å². The zero-order chi connectivity index (χ0) is 22.4. The molecule has 0 radical (unpaired) electrons. The maximum atomic E-state index is 13.0. The lowest BCUT2D eigenvalue weighted by molar-refractivity contribution is -0.116. The summed E-state index contributed by atoms with van der Waals surface area (Å²) < 4.78 is 30.7. The normalized spacial score (nSPS) is 10.5. The van der Waals surface area contributed by atoms with Crippen molar-refractivity contribution in [2.45, 2.75) is 20.1 Å². The summed E-state index contributed by atoms with van der Waals surface area (Å²) in [6.07, 6.45) is 1.49. The van der Waals surface area contributed by atoms with E-state index in [1.807, 2.05) is 0 Å². The van der Waals surface area contributed by atoms with Gasteiger partial charge in [0.15, 0.2) is 5.75 Å². The monoisotopic (exact) mass is 426 g/mol. The van der Waals surface area contributed by atoms with Crippen molar-refractivity contribution in [3.63, 3.8) is 0 Å². The highest BCUT2D eigenvalue weighted by molar-refractivity contribution is 5.92. The quantitative estimate of drug-likeness (QED) is 0.596. The van der Waals surface area contributed by atoms with Crippen molar-refractivity contribution in [1.29, 1.82) is 0 Å². The summed E-state index contributed by atoms with van der Waals surface area (Å²) >= 11 is 0. The van der Waals surface area contributed by atoms with Gasteiger partial charge in [0.05, 0.1) is 26.1 Å². The number of nitrogens with one attached hydrogen (secondary N) is 1. The third-order valence-electron chi connectivity index (χ3n) is 4.61. The standard InChI is InChI=1S/C23H23FN2O5/c1-15-10-20(27)22(31-14-16-4-6-17(24)7-5-16)12-26(15)13-23(28)25-19-9-8-18(29-2)11-21(19)30-3/h4-12H,13-14H2,1-3H3,(H,25,28). The molecule has 0 saturated carbocycles. The molecule has 0 unspecified atom stereocenters. The highest BCUT2D eigenvalue weighted by Gasteiger charge is 2.12. The molecule has 0 spiro atoms. The molecule has 0 aliphatic carbocycles. The molecule has 0 fully saturated rings. The number of hydrogen-bond acceptors (Lipinski definition) is 5. The van der Waals surface area contributed by atoms with Crippen LogP contribution in [-0.4, -0.2) is 24.7 Å². The Balaban J connectivity index is 1.72. The molecule has 7 nitrogen and oxygen atoms in total. The Kier molecular flexibility index (Phi) is 6.92. The van der Waals surface area contributed by atoms with Gasteiger partial charge in [-0.25, -0.2) is 4.39 Å². The number of carbonyl (C=O) groups excluding carboxylic acids is 1. The number of amides is 1. The van der Waals surface area contributed by atoms with Crippen molar-refractivity contribution >= 4 is 11.6 Å². The van der Waals surface area contributed by atoms with Crippen molar-refractivity contribution in [3.8, 4) is 17.2 Å². The Morgan fingerprint density at radius 1 is 1.03 bits per heavy atom. The van der Waals surface area contributed by atoms with Crippen molar-refractivity contribution in [1.82, 2.24) is 4.57 Å². The second kappa shape index (κ2) is 9.80. The molecule has 3 rings (SSSR count). The number of carbonyl (C=O) groups is 1. The van der Waals surface area contributed by atoms with Crippen LogP contribution in [0.25, 0.3) is 0 Å². The Morgan fingerprint density at radius 3 is 2.45 bits per heavy atom. The molecule has 1 amide bonds. The third kappa shape index (κ3) is 5.63. The van der Waals surface area contributed by atoms with Gasteiger partial charge >= 0.3 is 0 Å². The van der Waals surface area contributed by atoms with Crippen LogP contribution in [0.15, 0.2) is 59.5 Å². The van der Waals surface area contributed by atoms with Crippen LogP contribution in [0.4, 0.5) is 10.1 Å². The van der Waals surface area contributed by atoms with E-state index >= 15 is 0 Å². The molecule has 0 aliphatic heterocycles. The van der Waals surface area contributed by atoms with Crippen LogP contribution in [0.1, 0.15) is 11.3 Å². The number of methoxy groups -OCH3 is 2. The number of aromatic nitrogens is 1. The van der Waals surface area contributed by atoms with Gasteiger partial charge in [-0.2, -0.15) is 0 Å². The summed E-state index contributed by atoms with van der Waals surface area (Å²) in [5.74, 6) is 0.520. The number of nitrogens with zero attached hydrogens (tertiary/aromatic N) is 1. The lowest BCUT2D eigenvalue weighted by atomic mass is 10.2. The minimum Gasteiger partial charge on any atom is -0.497 e. The number of pyridine rings is 1. The van der Waals surface area contributed by atoms with E-state index < -0.39 is 0 Å². The first-order valence-electron chi connectivity index (χ1n) is 9.50. The van der Waals surface area contributed by atoms with Crippen molar-refractivity contribution in [2.24, 2.45) is 0 Å².